The van der Waals surface area contributed by atoms with Crippen LogP contribution in [0.15, 0.2) is 109 Å². The minimum Gasteiger partial charge on any atom is -0.365 e. The van der Waals surface area contributed by atoms with Crippen molar-refractivity contribution in [3.63, 3.8) is 0 Å². The molecule has 31 heavy (non-hydrogen) atoms. The molecule has 2 nitrogen and oxygen atoms in total. The summed E-state index contributed by atoms with van der Waals surface area (Å²) in [5, 5.41) is 5.57. The maximum absolute atomic E-state index is 13.6. The van der Waals surface area contributed by atoms with Crippen LogP contribution in [0.2, 0.25) is 0 Å². The van der Waals surface area contributed by atoms with Gasteiger partial charge in [-0.2, -0.15) is 0 Å². The smallest absolute Gasteiger partial charge is 0.134 e. The number of pyridine rings is 1. The predicted octanol–water partition coefficient (Wildman–Crippen LogP) is 7.32. The quantitative estimate of drug-likeness (QED) is 0.332. The zero-order valence-corrected chi connectivity index (χ0v) is 16.9. The molecular formula is C28H21FN2. The molecule has 1 heterocycles. The normalized spacial score (nSPS) is 10.9. The largest absolute Gasteiger partial charge is 0.365 e. The molecule has 3 heteroatoms. The summed E-state index contributed by atoms with van der Waals surface area (Å²) in [4.78, 5) is 4.53. The number of benzene rings is 4. The molecule has 0 saturated heterocycles. The van der Waals surface area contributed by atoms with Gasteiger partial charge >= 0.3 is 0 Å². The van der Waals surface area contributed by atoms with Gasteiger partial charge in [-0.15, -0.1) is 0 Å². The van der Waals surface area contributed by atoms with Gasteiger partial charge in [-0.3, -0.25) is 0 Å². The van der Waals surface area contributed by atoms with Gasteiger partial charge in [-0.1, -0.05) is 78.9 Å². The summed E-state index contributed by atoms with van der Waals surface area (Å²) in [5.74, 6) is 0.614. The number of anilines is 1. The number of hydrogen-bond acceptors (Lipinski definition) is 2. The third-order valence-corrected chi connectivity index (χ3v) is 5.44. The molecule has 0 atom stereocenters. The van der Waals surface area contributed by atoms with Gasteiger partial charge in [0.25, 0.3) is 0 Å². The van der Waals surface area contributed by atoms with Crippen molar-refractivity contribution in [1.82, 2.24) is 4.98 Å². The molecule has 0 fully saturated rings. The lowest BCUT2D eigenvalue weighted by Gasteiger charge is -2.11. The van der Waals surface area contributed by atoms with Crippen LogP contribution in [0, 0.1) is 5.82 Å². The van der Waals surface area contributed by atoms with Gasteiger partial charge in [-0.25, -0.2) is 9.37 Å². The first-order chi connectivity index (χ1) is 15.3. The second kappa shape index (κ2) is 8.41. The van der Waals surface area contributed by atoms with Crippen molar-refractivity contribution < 1.29 is 4.39 Å². The fourth-order valence-corrected chi connectivity index (χ4v) is 3.80. The molecule has 0 spiro atoms. The van der Waals surface area contributed by atoms with Gasteiger partial charge in [0.15, 0.2) is 0 Å². The van der Waals surface area contributed by atoms with Crippen molar-refractivity contribution in [3.05, 3.63) is 121 Å². The number of hydrogen-bond donors (Lipinski definition) is 1. The summed E-state index contributed by atoms with van der Waals surface area (Å²) >= 11 is 0. The molecule has 1 aromatic heterocycles. The highest BCUT2D eigenvalue weighted by atomic mass is 19.1. The second-order valence-electron chi connectivity index (χ2n) is 7.52. The van der Waals surface area contributed by atoms with Crippen LogP contribution in [0.5, 0.6) is 0 Å². The Labute approximate surface area is 181 Å². The molecule has 0 saturated carbocycles. The Morgan fingerprint density at radius 1 is 0.645 bits per heavy atom. The van der Waals surface area contributed by atoms with Crippen LogP contribution < -0.4 is 5.32 Å². The van der Waals surface area contributed by atoms with E-state index in [9.17, 15) is 4.39 Å². The molecule has 5 aromatic rings. The molecule has 0 aliphatic rings. The SMILES string of the molecule is Fc1cccc(-c2ccc3c(NCc4ccc(-c5ccccc5)cc4)nccc3c2)c1. The number of halogens is 1. The minimum atomic E-state index is -0.229. The third-order valence-electron chi connectivity index (χ3n) is 5.44. The number of nitrogens with one attached hydrogen (secondary N) is 1. The van der Waals surface area contributed by atoms with Crippen molar-refractivity contribution >= 4 is 16.6 Å². The Morgan fingerprint density at radius 3 is 2.16 bits per heavy atom. The maximum atomic E-state index is 13.6. The Balaban J connectivity index is 1.36. The highest BCUT2D eigenvalue weighted by Gasteiger charge is 2.06. The number of nitrogens with zero attached hydrogens (tertiary/aromatic N) is 1. The second-order valence-corrected chi connectivity index (χ2v) is 7.52. The third kappa shape index (κ3) is 4.17. The molecule has 0 unspecified atom stereocenters. The molecule has 150 valence electrons. The van der Waals surface area contributed by atoms with Gasteiger partial charge in [-0.05, 0) is 57.5 Å². The lowest BCUT2D eigenvalue weighted by atomic mass is 10.0. The standard InChI is InChI=1S/C28H21FN2/c29-26-8-4-7-23(18-26)24-13-14-27-25(17-24)15-16-30-28(27)31-19-20-9-11-22(12-10-20)21-5-2-1-3-6-21/h1-18H,19H2,(H,30,31). The van der Waals surface area contributed by atoms with E-state index in [1.807, 2.05) is 30.3 Å². The molecule has 0 amide bonds. The lowest BCUT2D eigenvalue weighted by molar-refractivity contribution is 0.628. The van der Waals surface area contributed by atoms with Crippen molar-refractivity contribution in [2.24, 2.45) is 0 Å². The Morgan fingerprint density at radius 2 is 1.35 bits per heavy atom. The zero-order valence-electron chi connectivity index (χ0n) is 16.9. The molecule has 5 rings (SSSR count). The fraction of sp³-hybridized carbons (Fsp3) is 0.0357. The zero-order chi connectivity index (χ0) is 21.0. The highest BCUT2D eigenvalue weighted by molar-refractivity contribution is 5.94. The van der Waals surface area contributed by atoms with Crippen LogP contribution >= 0.6 is 0 Å². The van der Waals surface area contributed by atoms with Crippen LogP contribution in [0.3, 0.4) is 0 Å². The van der Waals surface area contributed by atoms with E-state index in [4.69, 9.17) is 0 Å². The Hall–Kier alpha value is -3.98. The number of fused-ring (bicyclic) bond motifs is 1. The molecule has 1 N–H and O–H groups in total. The van der Waals surface area contributed by atoms with Crippen molar-refractivity contribution in [3.8, 4) is 22.3 Å². The van der Waals surface area contributed by atoms with E-state index in [2.05, 4.69) is 64.9 Å². The summed E-state index contributed by atoms with van der Waals surface area (Å²) in [5.41, 5.74) is 5.46. The first kappa shape index (κ1) is 19.0. The van der Waals surface area contributed by atoms with Gasteiger partial charge in [0.05, 0.1) is 0 Å². The van der Waals surface area contributed by atoms with Crippen LogP contribution in [-0.4, -0.2) is 4.98 Å². The summed E-state index contributed by atoms with van der Waals surface area (Å²) in [6.45, 7) is 0.687. The monoisotopic (exact) mass is 404 g/mol. The van der Waals surface area contributed by atoms with Gasteiger partial charge in [0.2, 0.25) is 0 Å². The van der Waals surface area contributed by atoms with Crippen LogP contribution in [0.1, 0.15) is 5.56 Å². The highest BCUT2D eigenvalue weighted by Crippen LogP contribution is 2.28. The van der Waals surface area contributed by atoms with E-state index in [-0.39, 0.29) is 5.82 Å². The first-order valence-corrected chi connectivity index (χ1v) is 10.3. The summed E-state index contributed by atoms with van der Waals surface area (Å²) < 4.78 is 13.6. The van der Waals surface area contributed by atoms with Crippen LogP contribution in [-0.2, 0) is 6.54 Å². The van der Waals surface area contributed by atoms with Crippen LogP contribution in [0.25, 0.3) is 33.0 Å². The van der Waals surface area contributed by atoms with E-state index < -0.39 is 0 Å². The van der Waals surface area contributed by atoms with Gasteiger partial charge in [0.1, 0.15) is 11.6 Å². The van der Waals surface area contributed by atoms with Crippen LogP contribution in [0.4, 0.5) is 10.2 Å². The van der Waals surface area contributed by atoms with E-state index >= 15 is 0 Å². The van der Waals surface area contributed by atoms with Crippen molar-refractivity contribution in [2.75, 3.05) is 5.32 Å². The molecule has 0 aliphatic heterocycles. The minimum absolute atomic E-state index is 0.229. The summed E-state index contributed by atoms with van der Waals surface area (Å²) in [6, 6.07) is 33.7. The van der Waals surface area contributed by atoms with E-state index in [1.54, 1.807) is 18.3 Å². The lowest BCUT2D eigenvalue weighted by Crippen LogP contribution is -2.01. The first-order valence-electron chi connectivity index (χ1n) is 10.3. The van der Waals surface area contributed by atoms with Gasteiger partial charge in [0, 0.05) is 18.1 Å². The Bertz CT molecular complexity index is 1330. The molecule has 0 aliphatic carbocycles. The summed E-state index contributed by atoms with van der Waals surface area (Å²) in [6.07, 6.45) is 1.80. The molecule has 0 bridgehead atoms. The van der Waals surface area contributed by atoms with Gasteiger partial charge < -0.3 is 5.32 Å². The molecule has 0 radical (unpaired) electrons. The molecular weight excluding hydrogens is 383 g/mol. The number of rotatable bonds is 5. The number of aromatic nitrogens is 1. The van der Waals surface area contributed by atoms with E-state index in [0.29, 0.717) is 6.54 Å². The average Bonchev–Trinajstić information content (AvgIpc) is 2.83. The average molecular weight is 404 g/mol. The maximum Gasteiger partial charge on any atom is 0.134 e. The molecule has 4 aromatic carbocycles. The van der Waals surface area contributed by atoms with E-state index in [0.717, 1.165) is 27.7 Å². The van der Waals surface area contributed by atoms with Crippen molar-refractivity contribution in [2.45, 2.75) is 6.54 Å². The Kier molecular flexibility index (Phi) is 5.16. The van der Waals surface area contributed by atoms with E-state index in [1.165, 1.54) is 22.8 Å². The fourth-order valence-electron chi connectivity index (χ4n) is 3.80. The summed E-state index contributed by atoms with van der Waals surface area (Å²) in [7, 11) is 0. The van der Waals surface area contributed by atoms with Crippen molar-refractivity contribution in [1.29, 1.82) is 0 Å². The predicted molar refractivity (Wildman–Crippen MR) is 126 cm³/mol. The topological polar surface area (TPSA) is 24.9 Å².